The number of allylic oxidation sites excluding steroid dienone is 6. The van der Waals surface area contributed by atoms with Crippen LogP contribution in [0.15, 0.2) is 78.5 Å². The summed E-state index contributed by atoms with van der Waals surface area (Å²) in [7, 11) is 0. The number of carbonyl (C=O) groups is 1. The molecular formula is C27H33NO. The monoisotopic (exact) mass is 387 g/mol. The Labute approximate surface area is 176 Å². The third-order valence-electron chi connectivity index (χ3n) is 6.07. The summed E-state index contributed by atoms with van der Waals surface area (Å²) in [4.78, 5) is 15.3. The van der Waals surface area contributed by atoms with Crippen molar-refractivity contribution in [2.75, 3.05) is 0 Å². The number of benzene rings is 1. The first-order chi connectivity index (χ1) is 13.9. The molecule has 29 heavy (non-hydrogen) atoms. The molecule has 2 atom stereocenters. The summed E-state index contributed by atoms with van der Waals surface area (Å²) in [5, 5.41) is 0. The van der Waals surface area contributed by atoms with Crippen molar-refractivity contribution >= 4 is 5.91 Å². The molecule has 0 aliphatic heterocycles. The van der Waals surface area contributed by atoms with Crippen molar-refractivity contribution in [2.24, 2.45) is 5.92 Å². The molecule has 2 heteroatoms. The van der Waals surface area contributed by atoms with Crippen LogP contribution in [0.4, 0.5) is 0 Å². The standard InChI is InChI=1S/C27H33NO/c1-6-8-19(2)12-16-27(29)28(26-10-7-9-21(4)22(26)5)18-24-13-11-20(3)17-25(24)23-14-15-23/h6-13,16-17,22-23,26H,1,14-15,18H2,2-5H3/b16-12-,19-8-. The minimum Gasteiger partial charge on any atom is -0.328 e. The molecule has 1 saturated carbocycles. The molecule has 1 aromatic rings. The Morgan fingerprint density at radius 1 is 1.24 bits per heavy atom. The largest absolute Gasteiger partial charge is 0.328 e. The number of rotatable bonds is 7. The lowest BCUT2D eigenvalue weighted by Gasteiger charge is -2.36. The summed E-state index contributed by atoms with van der Waals surface area (Å²) in [5.41, 5.74) is 6.34. The smallest absolute Gasteiger partial charge is 0.247 e. The van der Waals surface area contributed by atoms with E-state index in [0.717, 1.165) is 5.57 Å². The molecule has 1 amide bonds. The Morgan fingerprint density at radius 3 is 2.69 bits per heavy atom. The summed E-state index contributed by atoms with van der Waals surface area (Å²) in [6, 6.07) is 6.76. The fraction of sp³-hybridized carbons (Fsp3) is 0.370. The molecule has 2 unspecified atom stereocenters. The van der Waals surface area contributed by atoms with Crippen LogP contribution in [0.3, 0.4) is 0 Å². The lowest BCUT2D eigenvalue weighted by atomic mass is 9.88. The number of hydrogen-bond donors (Lipinski definition) is 0. The van der Waals surface area contributed by atoms with Crippen molar-refractivity contribution in [2.45, 2.75) is 59.0 Å². The van der Waals surface area contributed by atoms with Gasteiger partial charge in [0.1, 0.15) is 0 Å². The summed E-state index contributed by atoms with van der Waals surface area (Å²) in [6.45, 7) is 12.9. The van der Waals surface area contributed by atoms with Crippen LogP contribution in [0.2, 0.25) is 0 Å². The van der Waals surface area contributed by atoms with Crippen LogP contribution < -0.4 is 0 Å². The number of nitrogens with zero attached hydrogens (tertiary/aromatic N) is 1. The molecule has 0 heterocycles. The van der Waals surface area contributed by atoms with Crippen molar-refractivity contribution in [1.29, 1.82) is 0 Å². The van der Waals surface area contributed by atoms with E-state index in [-0.39, 0.29) is 11.9 Å². The predicted molar refractivity (Wildman–Crippen MR) is 123 cm³/mol. The highest BCUT2D eigenvalue weighted by molar-refractivity contribution is 5.88. The van der Waals surface area contributed by atoms with Gasteiger partial charge in [0, 0.05) is 18.5 Å². The maximum atomic E-state index is 13.3. The van der Waals surface area contributed by atoms with Crippen molar-refractivity contribution in [3.05, 3.63) is 95.1 Å². The molecule has 3 rings (SSSR count). The fourth-order valence-corrected chi connectivity index (χ4v) is 3.97. The molecular weight excluding hydrogens is 354 g/mol. The van der Waals surface area contributed by atoms with E-state index in [9.17, 15) is 4.79 Å². The molecule has 0 N–H and O–H groups in total. The normalized spacial score (nSPS) is 21.9. The van der Waals surface area contributed by atoms with Crippen LogP contribution in [-0.4, -0.2) is 16.8 Å². The van der Waals surface area contributed by atoms with E-state index in [2.05, 4.69) is 63.8 Å². The van der Waals surface area contributed by atoms with Crippen molar-refractivity contribution in [3.8, 4) is 0 Å². The minimum atomic E-state index is 0.0559. The molecule has 0 radical (unpaired) electrons. The van der Waals surface area contributed by atoms with Gasteiger partial charge in [0.2, 0.25) is 5.91 Å². The van der Waals surface area contributed by atoms with E-state index >= 15 is 0 Å². The van der Waals surface area contributed by atoms with Crippen LogP contribution in [0.5, 0.6) is 0 Å². The van der Waals surface area contributed by atoms with E-state index in [1.165, 1.54) is 35.1 Å². The average molecular weight is 388 g/mol. The highest BCUT2D eigenvalue weighted by Gasteiger charge is 2.31. The molecule has 0 aromatic heterocycles. The summed E-state index contributed by atoms with van der Waals surface area (Å²) >= 11 is 0. The lowest BCUT2D eigenvalue weighted by molar-refractivity contribution is -0.128. The SMILES string of the molecule is C=C/C=C(C)\C=C/C(=O)N(Cc1ccc(C)cc1C1CC1)C1C=CC=C(C)C1C. The second-order valence-electron chi connectivity index (χ2n) is 8.50. The number of aryl methyl sites for hydroxylation is 1. The second kappa shape index (κ2) is 9.26. The molecule has 2 nitrogen and oxygen atoms in total. The van der Waals surface area contributed by atoms with E-state index in [1.54, 1.807) is 12.2 Å². The van der Waals surface area contributed by atoms with Crippen LogP contribution in [-0.2, 0) is 11.3 Å². The molecule has 0 spiro atoms. The molecule has 1 fully saturated rings. The zero-order chi connectivity index (χ0) is 21.0. The lowest BCUT2D eigenvalue weighted by Crippen LogP contribution is -2.42. The fourth-order valence-electron chi connectivity index (χ4n) is 3.97. The molecule has 2 aliphatic carbocycles. The first-order valence-electron chi connectivity index (χ1n) is 10.6. The third kappa shape index (κ3) is 5.26. The third-order valence-corrected chi connectivity index (χ3v) is 6.07. The summed E-state index contributed by atoms with van der Waals surface area (Å²) in [5.74, 6) is 1.02. The van der Waals surface area contributed by atoms with E-state index in [1.807, 2.05) is 24.0 Å². The van der Waals surface area contributed by atoms with Crippen LogP contribution >= 0.6 is 0 Å². The number of hydrogen-bond acceptors (Lipinski definition) is 1. The Morgan fingerprint density at radius 2 is 2.00 bits per heavy atom. The van der Waals surface area contributed by atoms with Gasteiger partial charge in [-0.25, -0.2) is 0 Å². The van der Waals surface area contributed by atoms with Gasteiger partial charge in [-0.3, -0.25) is 4.79 Å². The topological polar surface area (TPSA) is 20.3 Å². The molecule has 1 aromatic carbocycles. The van der Waals surface area contributed by atoms with Gasteiger partial charge in [0.05, 0.1) is 6.04 Å². The first kappa shape index (κ1) is 21.1. The van der Waals surface area contributed by atoms with Gasteiger partial charge in [0.25, 0.3) is 0 Å². The van der Waals surface area contributed by atoms with E-state index in [4.69, 9.17) is 0 Å². The molecule has 0 bridgehead atoms. The van der Waals surface area contributed by atoms with Crippen molar-refractivity contribution < 1.29 is 4.79 Å². The number of amides is 1. The molecule has 152 valence electrons. The van der Waals surface area contributed by atoms with Crippen molar-refractivity contribution in [1.82, 2.24) is 4.90 Å². The quantitative estimate of drug-likeness (QED) is 0.391. The van der Waals surface area contributed by atoms with Gasteiger partial charge < -0.3 is 4.90 Å². The molecule has 2 aliphatic rings. The van der Waals surface area contributed by atoms with Crippen LogP contribution in [0.1, 0.15) is 56.2 Å². The van der Waals surface area contributed by atoms with Gasteiger partial charge >= 0.3 is 0 Å². The Bertz CT molecular complexity index is 895. The average Bonchev–Trinajstić information content (AvgIpc) is 3.53. The van der Waals surface area contributed by atoms with Gasteiger partial charge in [-0.15, -0.1) is 0 Å². The van der Waals surface area contributed by atoms with Crippen LogP contribution in [0, 0.1) is 12.8 Å². The van der Waals surface area contributed by atoms with Gasteiger partial charge in [-0.1, -0.05) is 84.9 Å². The summed E-state index contributed by atoms with van der Waals surface area (Å²) in [6.07, 6.45) is 16.2. The van der Waals surface area contributed by atoms with Crippen molar-refractivity contribution in [3.63, 3.8) is 0 Å². The summed E-state index contributed by atoms with van der Waals surface area (Å²) < 4.78 is 0. The highest BCUT2D eigenvalue weighted by Crippen LogP contribution is 2.42. The zero-order valence-electron chi connectivity index (χ0n) is 18.2. The first-order valence-corrected chi connectivity index (χ1v) is 10.6. The number of carbonyl (C=O) groups excluding carboxylic acids is 1. The van der Waals surface area contributed by atoms with E-state index < -0.39 is 0 Å². The highest BCUT2D eigenvalue weighted by atomic mass is 16.2. The van der Waals surface area contributed by atoms with E-state index in [0.29, 0.717) is 18.4 Å². The van der Waals surface area contributed by atoms with Gasteiger partial charge in [-0.05, 0) is 50.7 Å². The second-order valence-corrected chi connectivity index (χ2v) is 8.50. The maximum Gasteiger partial charge on any atom is 0.247 e. The Balaban J connectivity index is 1.92. The Hall–Kier alpha value is -2.61. The zero-order valence-corrected chi connectivity index (χ0v) is 18.2. The van der Waals surface area contributed by atoms with Gasteiger partial charge in [0.15, 0.2) is 0 Å². The maximum absolute atomic E-state index is 13.3. The Kier molecular flexibility index (Phi) is 6.74. The van der Waals surface area contributed by atoms with Gasteiger partial charge in [-0.2, -0.15) is 0 Å². The van der Waals surface area contributed by atoms with Crippen LogP contribution in [0.25, 0.3) is 0 Å². The molecule has 0 saturated heterocycles. The predicted octanol–water partition coefficient (Wildman–Crippen LogP) is 6.41. The minimum absolute atomic E-state index is 0.0559.